The maximum atomic E-state index is 5.44. The van der Waals surface area contributed by atoms with Gasteiger partial charge in [0.2, 0.25) is 4.38 Å². The van der Waals surface area contributed by atoms with E-state index in [2.05, 4.69) is 0 Å². The molecule has 0 aliphatic rings. The molecule has 7 heteroatoms. The summed E-state index contributed by atoms with van der Waals surface area (Å²) < 4.78 is 22.1. The Balaban J connectivity index is 2.71. The van der Waals surface area contributed by atoms with Crippen LogP contribution in [0.5, 0.6) is 0 Å². The Kier molecular flexibility index (Phi) is 7.71. The molecule has 0 N–H and O–H groups in total. The molecule has 20 heavy (non-hydrogen) atoms. The highest BCUT2D eigenvalue weighted by Crippen LogP contribution is 2.15. The zero-order valence-corrected chi connectivity index (χ0v) is 14.8. The molecular formula is C13H20O4S2Si. The summed E-state index contributed by atoms with van der Waals surface area (Å²) in [4.78, 5) is 0. The molecule has 0 saturated carbocycles. The molecule has 112 valence electrons. The van der Waals surface area contributed by atoms with Gasteiger partial charge < -0.3 is 18.0 Å². The third-order valence-corrected chi connectivity index (χ3v) is 6.69. The molecule has 0 aliphatic carbocycles. The zero-order valence-electron chi connectivity index (χ0n) is 12.2. The summed E-state index contributed by atoms with van der Waals surface area (Å²) in [6, 6.07) is 8.00. The largest absolute Gasteiger partial charge is 0.536 e. The fourth-order valence-electron chi connectivity index (χ4n) is 1.71. The summed E-state index contributed by atoms with van der Waals surface area (Å²) in [6.45, 7) is 2.53. The topological polar surface area (TPSA) is 36.9 Å². The lowest BCUT2D eigenvalue weighted by atomic mass is 10.2. The fourth-order valence-corrected chi connectivity index (χ4v) is 4.47. The van der Waals surface area contributed by atoms with Crippen LogP contribution in [0.3, 0.4) is 0 Å². The lowest BCUT2D eigenvalue weighted by Crippen LogP contribution is -2.54. The predicted molar refractivity (Wildman–Crippen MR) is 88.4 cm³/mol. The lowest BCUT2D eigenvalue weighted by molar-refractivity contribution is 0.140. The first-order valence-electron chi connectivity index (χ1n) is 6.16. The first-order valence-corrected chi connectivity index (χ1v) is 9.28. The summed E-state index contributed by atoms with van der Waals surface area (Å²) in [5.41, 5.74) is 1.16. The second-order valence-electron chi connectivity index (χ2n) is 3.84. The molecule has 0 amide bonds. The second kappa shape index (κ2) is 8.76. The van der Waals surface area contributed by atoms with Crippen LogP contribution in [0.2, 0.25) is 0 Å². The smallest absolute Gasteiger partial charge is 0.479 e. The normalized spacial score (nSPS) is 11.4. The average molecular weight is 333 g/mol. The van der Waals surface area contributed by atoms with Gasteiger partial charge in [0.1, 0.15) is 0 Å². The van der Waals surface area contributed by atoms with Gasteiger partial charge in [0.25, 0.3) is 0 Å². The number of hydrogen-bond donors (Lipinski definition) is 0. The van der Waals surface area contributed by atoms with Crippen LogP contribution in [0.1, 0.15) is 12.5 Å². The highest BCUT2D eigenvalue weighted by atomic mass is 32.2. The van der Waals surface area contributed by atoms with Crippen LogP contribution in [0.25, 0.3) is 0 Å². The quantitative estimate of drug-likeness (QED) is 0.563. The Morgan fingerprint density at radius 1 is 1.10 bits per heavy atom. The number of benzene rings is 1. The van der Waals surface area contributed by atoms with Crippen molar-refractivity contribution in [3.63, 3.8) is 0 Å². The molecule has 0 aliphatic heterocycles. The number of thiocarbonyl (C=S) groups is 1. The van der Waals surface area contributed by atoms with Gasteiger partial charge in [0.15, 0.2) is 0 Å². The monoisotopic (exact) mass is 332 g/mol. The van der Waals surface area contributed by atoms with Crippen molar-refractivity contribution in [3.8, 4) is 0 Å². The molecule has 1 rings (SSSR count). The second-order valence-corrected chi connectivity index (χ2v) is 8.33. The Hall–Kier alpha value is -0.443. The standard InChI is InChI=1S/C13H20O4S2Si/c1-5-17-13(18)19-10-11-6-8-12(9-7-11)20(14-2,15-3)16-4/h6-9H,5,10H2,1-4H3. The van der Waals surface area contributed by atoms with E-state index >= 15 is 0 Å². The molecule has 1 aromatic carbocycles. The van der Waals surface area contributed by atoms with Crippen LogP contribution in [0, 0.1) is 0 Å². The van der Waals surface area contributed by atoms with Crippen molar-refractivity contribution < 1.29 is 18.0 Å². The van der Waals surface area contributed by atoms with Gasteiger partial charge in [-0.25, -0.2) is 0 Å². The highest BCUT2D eigenvalue weighted by Gasteiger charge is 2.40. The summed E-state index contributed by atoms with van der Waals surface area (Å²) in [6.07, 6.45) is 0. The molecule has 0 unspecified atom stereocenters. The van der Waals surface area contributed by atoms with E-state index in [1.54, 1.807) is 21.3 Å². The van der Waals surface area contributed by atoms with E-state index in [-0.39, 0.29) is 0 Å². The molecule has 1 aromatic rings. The number of thioether (sulfide) groups is 1. The summed E-state index contributed by atoms with van der Waals surface area (Å²) in [5.74, 6) is 0.778. The van der Waals surface area contributed by atoms with Crippen molar-refractivity contribution in [1.29, 1.82) is 0 Å². The van der Waals surface area contributed by atoms with Crippen LogP contribution in [0.15, 0.2) is 24.3 Å². The van der Waals surface area contributed by atoms with Gasteiger partial charge in [0, 0.05) is 32.3 Å². The van der Waals surface area contributed by atoms with Crippen molar-refractivity contribution in [2.75, 3.05) is 27.9 Å². The molecule has 4 nitrogen and oxygen atoms in total. The number of hydrogen-bond acceptors (Lipinski definition) is 6. The molecule has 0 spiro atoms. The highest BCUT2D eigenvalue weighted by molar-refractivity contribution is 8.22. The van der Waals surface area contributed by atoms with Gasteiger partial charge in [-0.05, 0) is 24.7 Å². The van der Waals surface area contributed by atoms with Gasteiger partial charge in [-0.3, -0.25) is 0 Å². The molecule has 0 heterocycles. The van der Waals surface area contributed by atoms with E-state index in [0.717, 1.165) is 16.5 Å². The minimum Gasteiger partial charge on any atom is -0.479 e. The third kappa shape index (κ3) is 4.54. The SMILES string of the molecule is CCOC(=S)SCc1ccc([Si](OC)(OC)OC)cc1. The van der Waals surface area contributed by atoms with Crippen molar-refractivity contribution >= 4 is 42.4 Å². The molecular weight excluding hydrogens is 312 g/mol. The summed E-state index contributed by atoms with van der Waals surface area (Å²) >= 11 is 6.59. The third-order valence-electron chi connectivity index (χ3n) is 2.73. The summed E-state index contributed by atoms with van der Waals surface area (Å²) in [5, 5.41) is 0.936. The molecule has 0 saturated heterocycles. The lowest BCUT2D eigenvalue weighted by Gasteiger charge is -2.24. The van der Waals surface area contributed by atoms with E-state index in [1.165, 1.54) is 11.8 Å². The number of rotatable bonds is 7. The minimum absolute atomic E-state index is 0.575. The molecule has 0 aromatic heterocycles. The Bertz CT molecular complexity index is 413. The Morgan fingerprint density at radius 2 is 1.65 bits per heavy atom. The molecule has 0 atom stereocenters. The van der Waals surface area contributed by atoms with Crippen LogP contribution in [0.4, 0.5) is 0 Å². The van der Waals surface area contributed by atoms with E-state index in [9.17, 15) is 0 Å². The zero-order chi connectivity index (χ0) is 15.0. The fraction of sp³-hybridized carbons (Fsp3) is 0.462. The van der Waals surface area contributed by atoms with E-state index in [1.807, 2.05) is 31.2 Å². The van der Waals surface area contributed by atoms with E-state index < -0.39 is 8.80 Å². The number of ether oxygens (including phenoxy) is 1. The van der Waals surface area contributed by atoms with E-state index in [4.69, 9.17) is 30.2 Å². The molecule has 0 bridgehead atoms. The van der Waals surface area contributed by atoms with Crippen LogP contribution < -0.4 is 5.19 Å². The van der Waals surface area contributed by atoms with Crippen molar-refractivity contribution in [3.05, 3.63) is 29.8 Å². The van der Waals surface area contributed by atoms with Crippen molar-refractivity contribution in [1.82, 2.24) is 0 Å². The van der Waals surface area contributed by atoms with Gasteiger partial charge in [0.05, 0.1) is 6.61 Å². The maximum Gasteiger partial charge on any atom is 0.536 e. The van der Waals surface area contributed by atoms with Gasteiger partial charge in [-0.1, -0.05) is 36.0 Å². The molecule has 0 radical (unpaired) electrons. The summed E-state index contributed by atoms with van der Waals surface area (Å²) in [7, 11) is 2.07. The minimum atomic E-state index is -2.73. The predicted octanol–water partition coefficient (Wildman–Crippen LogP) is 2.33. The van der Waals surface area contributed by atoms with Crippen LogP contribution in [-0.2, 0) is 23.8 Å². The Labute approximate surface area is 131 Å². The average Bonchev–Trinajstić information content (AvgIpc) is 2.49. The van der Waals surface area contributed by atoms with Gasteiger partial charge >= 0.3 is 8.80 Å². The van der Waals surface area contributed by atoms with Crippen LogP contribution >= 0.6 is 24.0 Å². The van der Waals surface area contributed by atoms with Crippen molar-refractivity contribution in [2.24, 2.45) is 0 Å². The maximum absolute atomic E-state index is 5.44. The first-order chi connectivity index (χ1) is 9.61. The van der Waals surface area contributed by atoms with Crippen molar-refractivity contribution in [2.45, 2.75) is 12.7 Å². The van der Waals surface area contributed by atoms with Gasteiger partial charge in [-0.2, -0.15) is 0 Å². The van der Waals surface area contributed by atoms with Crippen LogP contribution in [-0.4, -0.2) is 41.1 Å². The first kappa shape index (κ1) is 17.6. The Morgan fingerprint density at radius 3 is 2.10 bits per heavy atom. The molecule has 0 fully saturated rings. The van der Waals surface area contributed by atoms with E-state index in [0.29, 0.717) is 11.0 Å². The van der Waals surface area contributed by atoms with Gasteiger partial charge in [-0.15, -0.1) is 0 Å².